The molecule has 144 valence electrons. The summed E-state index contributed by atoms with van der Waals surface area (Å²) in [6.45, 7) is 1.75. The zero-order valence-electron chi connectivity index (χ0n) is 14.9. The van der Waals surface area contributed by atoms with Crippen LogP contribution in [-0.4, -0.2) is 32.1 Å². The van der Waals surface area contributed by atoms with Crippen molar-refractivity contribution in [3.8, 4) is 5.75 Å². The van der Waals surface area contributed by atoms with Crippen LogP contribution in [0.5, 0.6) is 5.75 Å². The van der Waals surface area contributed by atoms with Crippen LogP contribution >= 0.6 is 15.9 Å². The Hall–Kier alpha value is -2.45. The number of halogens is 2. The van der Waals surface area contributed by atoms with E-state index in [1.807, 2.05) is 0 Å². The summed E-state index contributed by atoms with van der Waals surface area (Å²) in [6, 6.07) is 9.86. The first-order chi connectivity index (χ1) is 12.9. The summed E-state index contributed by atoms with van der Waals surface area (Å²) in [5.41, 5.74) is 0.946. The second kappa shape index (κ2) is 10.0. The third kappa shape index (κ3) is 6.04. The molecule has 0 fully saturated rings. The van der Waals surface area contributed by atoms with E-state index in [9.17, 15) is 14.0 Å². The minimum absolute atomic E-state index is 0.163. The lowest BCUT2D eigenvalue weighted by Gasteiger charge is -2.18. The number of carbonyl (C=O) groups excluding carboxylic acids is 2. The number of benzene rings is 2. The van der Waals surface area contributed by atoms with E-state index in [0.717, 1.165) is 0 Å². The van der Waals surface area contributed by atoms with Crippen LogP contribution in [0, 0.1) is 5.82 Å². The Morgan fingerprint density at radius 2 is 2.00 bits per heavy atom. The molecule has 2 rings (SSSR count). The molecule has 1 atom stereocenters. The van der Waals surface area contributed by atoms with Gasteiger partial charge in [0.25, 0.3) is 0 Å². The average Bonchev–Trinajstić information content (AvgIpc) is 2.62. The highest BCUT2D eigenvalue weighted by atomic mass is 79.9. The van der Waals surface area contributed by atoms with Gasteiger partial charge in [-0.25, -0.2) is 9.18 Å². The number of rotatable bonds is 8. The molecule has 1 unspecified atom stereocenters. The topological polar surface area (TPSA) is 76.7 Å². The fraction of sp³-hybridized carbons (Fsp3) is 0.263. The van der Waals surface area contributed by atoms with Crippen LogP contribution in [0.2, 0.25) is 0 Å². The Balaban J connectivity index is 2.09. The molecule has 1 amide bonds. The van der Waals surface area contributed by atoms with E-state index < -0.39 is 23.7 Å². The van der Waals surface area contributed by atoms with Gasteiger partial charge in [-0.05, 0) is 58.7 Å². The van der Waals surface area contributed by atoms with Gasteiger partial charge in [0.15, 0.2) is 0 Å². The molecule has 0 spiro atoms. The Bertz CT molecular complexity index is 816. The fourth-order valence-electron chi connectivity index (χ4n) is 2.39. The number of anilines is 1. The Kier molecular flexibility index (Phi) is 7.75. The quantitative estimate of drug-likeness (QED) is 0.617. The third-order valence-corrected chi connectivity index (χ3v) is 4.23. The van der Waals surface area contributed by atoms with Crippen LogP contribution in [0.15, 0.2) is 46.9 Å². The number of amides is 1. The minimum atomic E-state index is -0.842. The molecular weight excluding hydrogens is 419 g/mol. The summed E-state index contributed by atoms with van der Waals surface area (Å²) < 4.78 is 24.1. The summed E-state index contributed by atoms with van der Waals surface area (Å²) >= 11 is 3.38. The lowest BCUT2D eigenvalue weighted by Crippen LogP contribution is -2.36. The smallest absolute Gasteiger partial charge is 0.327 e. The molecule has 6 nitrogen and oxygen atoms in total. The monoisotopic (exact) mass is 438 g/mol. The van der Waals surface area contributed by atoms with Gasteiger partial charge in [0.05, 0.1) is 24.7 Å². The lowest BCUT2D eigenvalue weighted by molar-refractivity contribution is -0.145. The average molecular weight is 439 g/mol. The molecule has 0 aliphatic heterocycles. The molecule has 2 aromatic carbocycles. The molecule has 0 bridgehead atoms. The molecule has 0 radical (unpaired) electrons. The number of hydrogen-bond acceptors (Lipinski definition) is 5. The van der Waals surface area contributed by atoms with Gasteiger partial charge in [0.1, 0.15) is 17.6 Å². The van der Waals surface area contributed by atoms with Gasteiger partial charge >= 0.3 is 5.97 Å². The number of nitrogens with one attached hydrogen (secondary N) is 2. The molecule has 2 N–H and O–H groups in total. The summed E-state index contributed by atoms with van der Waals surface area (Å²) in [6.07, 6.45) is 0. The standard InChI is InChI=1S/C19H20BrFN2O4/c1-3-27-19(25)18(12-7-8-16(26-2)15(20)9-12)22-11-17(24)23-14-6-4-5-13(21)10-14/h4-10,18,22H,3,11H2,1-2H3,(H,23,24). The van der Waals surface area contributed by atoms with Crippen molar-refractivity contribution in [2.45, 2.75) is 13.0 Å². The van der Waals surface area contributed by atoms with E-state index in [1.165, 1.54) is 25.3 Å². The summed E-state index contributed by atoms with van der Waals surface area (Å²) in [4.78, 5) is 24.4. The van der Waals surface area contributed by atoms with E-state index in [4.69, 9.17) is 9.47 Å². The van der Waals surface area contributed by atoms with Crippen LogP contribution in [0.1, 0.15) is 18.5 Å². The molecule has 0 heterocycles. The molecule has 0 saturated carbocycles. The Morgan fingerprint density at radius 1 is 1.22 bits per heavy atom. The largest absolute Gasteiger partial charge is 0.496 e. The molecule has 0 aromatic heterocycles. The van der Waals surface area contributed by atoms with E-state index >= 15 is 0 Å². The maximum atomic E-state index is 13.2. The van der Waals surface area contributed by atoms with Gasteiger partial charge in [-0.1, -0.05) is 12.1 Å². The molecule has 27 heavy (non-hydrogen) atoms. The third-order valence-electron chi connectivity index (χ3n) is 3.61. The zero-order valence-corrected chi connectivity index (χ0v) is 16.5. The fourth-order valence-corrected chi connectivity index (χ4v) is 2.95. The van der Waals surface area contributed by atoms with Crippen molar-refractivity contribution >= 4 is 33.5 Å². The number of ether oxygens (including phenoxy) is 2. The van der Waals surface area contributed by atoms with Gasteiger partial charge in [0.2, 0.25) is 5.91 Å². The summed E-state index contributed by atoms with van der Waals surface area (Å²) in [5, 5.41) is 5.45. The second-order valence-electron chi connectivity index (χ2n) is 5.52. The Morgan fingerprint density at radius 3 is 2.63 bits per heavy atom. The lowest BCUT2D eigenvalue weighted by atomic mass is 10.1. The van der Waals surface area contributed by atoms with E-state index in [1.54, 1.807) is 31.2 Å². The first-order valence-electron chi connectivity index (χ1n) is 8.23. The van der Waals surface area contributed by atoms with Crippen molar-refractivity contribution in [1.82, 2.24) is 5.32 Å². The van der Waals surface area contributed by atoms with Crippen LogP contribution in [0.25, 0.3) is 0 Å². The highest BCUT2D eigenvalue weighted by molar-refractivity contribution is 9.10. The number of hydrogen-bond donors (Lipinski definition) is 2. The van der Waals surface area contributed by atoms with Gasteiger partial charge in [0, 0.05) is 5.69 Å². The maximum absolute atomic E-state index is 13.2. The SMILES string of the molecule is CCOC(=O)C(NCC(=O)Nc1cccc(F)c1)c1ccc(OC)c(Br)c1. The van der Waals surface area contributed by atoms with Gasteiger partial charge < -0.3 is 14.8 Å². The van der Waals surface area contributed by atoms with Crippen molar-refractivity contribution < 1.29 is 23.5 Å². The summed E-state index contributed by atoms with van der Waals surface area (Å²) in [7, 11) is 1.54. The molecule has 8 heteroatoms. The van der Waals surface area contributed by atoms with Crippen molar-refractivity contribution in [2.75, 3.05) is 25.6 Å². The van der Waals surface area contributed by atoms with Crippen LogP contribution in [0.3, 0.4) is 0 Å². The van der Waals surface area contributed by atoms with Crippen molar-refractivity contribution in [3.63, 3.8) is 0 Å². The highest BCUT2D eigenvalue weighted by Gasteiger charge is 2.23. The first kappa shape index (κ1) is 20.9. The second-order valence-corrected chi connectivity index (χ2v) is 6.37. The van der Waals surface area contributed by atoms with Crippen molar-refractivity contribution in [3.05, 3.63) is 58.3 Å². The van der Waals surface area contributed by atoms with Crippen LogP contribution < -0.4 is 15.4 Å². The van der Waals surface area contributed by atoms with Crippen molar-refractivity contribution in [2.24, 2.45) is 0 Å². The normalized spacial score (nSPS) is 11.6. The van der Waals surface area contributed by atoms with Gasteiger partial charge in [-0.2, -0.15) is 0 Å². The number of methoxy groups -OCH3 is 1. The predicted octanol–water partition coefficient (Wildman–Crippen LogP) is 3.43. The Labute approximate surface area is 165 Å². The molecular formula is C19H20BrFN2O4. The highest BCUT2D eigenvalue weighted by Crippen LogP contribution is 2.28. The number of carbonyl (C=O) groups is 2. The number of esters is 1. The summed E-state index contributed by atoms with van der Waals surface area (Å²) in [5.74, 6) is -0.756. The van der Waals surface area contributed by atoms with Crippen LogP contribution in [-0.2, 0) is 14.3 Å². The predicted molar refractivity (Wildman–Crippen MR) is 103 cm³/mol. The van der Waals surface area contributed by atoms with Gasteiger partial charge in [-0.15, -0.1) is 0 Å². The maximum Gasteiger partial charge on any atom is 0.327 e. The molecule has 2 aromatic rings. The van der Waals surface area contributed by atoms with Crippen molar-refractivity contribution in [1.29, 1.82) is 0 Å². The van der Waals surface area contributed by atoms with Gasteiger partial charge in [-0.3, -0.25) is 10.1 Å². The van der Waals surface area contributed by atoms with E-state index in [2.05, 4.69) is 26.6 Å². The molecule has 0 aliphatic carbocycles. The van der Waals surface area contributed by atoms with E-state index in [0.29, 0.717) is 21.5 Å². The van der Waals surface area contributed by atoms with Crippen LogP contribution in [0.4, 0.5) is 10.1 Å². The first-order valence-corrected chi connectivity index (χ1v) is 9.02. The molecule has 0 aliphatic rings. The minimum Gasteiger partial charge on any atom is -0.496 e. The van der Waals surface area contributed by atoms with E-state index in [-0.39, 0.29) is 13.2 Å². The zero-order chi connectivity index (χ0) is 19.8. The molecule has 0 saturated heterocycles.